The van der Waals surface area contributed by atoms with Gasteiger partial charge in [0.25, 0.3) is 0 Å². The number of hydrogen-bond acceptors (Lipinski definition) is 5. The molecule has 0 radical (unpaired) electrons. The summed E-state index contributed by atoms with van der Waals surface area (Å²) in [6, 6.07) is 2.09. The van der Waals surface area contributed by atoms with Crippen molar-refractivity contribution >= 4 is 11.9 Å². The van der Waals surface area contributed by atoms with E-state index in [1.807, 2.05) is 13.0 Å². The largest absolute Gasteiger partial charge is 0.441 e. The van der Waals surface area contributed by atoms with Crippen LogP contribution in [0.1, 0.15) is 62.5 Å². The zero-order valence-electron chi connectivity index (χ0n) is 13.7. The zero-order chi connectivity index (χ0) is 15.9. The molecule has 1 atom stereocenters. The molecule has 1 aliphatic carbocycles. The van der Waals surface area contributed by atoms with Gasteiger partial charge in [-0.25, -0.2) is 14.8 Å². The van der Waals surface area contributed by atoms with Crippen molar-refractivity contribution in [2.45, 2.75) is 63.5 Å². The van der Waals surface area contributed by atoms with Gasteiger partial charge in [-0.2, -0.15) is 0 Å². The summed E-state index contributed by atoms with van der Waals surface area (Å²) in [6.45, 7) is 3.59. The number of hydrogen-bond donors (Lipinski definition) is 1. The monoisotopic (exact) mass is 316 g/mol. The summed E-state index contributed by atoms with van der Waals surface area (Å²) in [5, 5.41) is 3.43. The van der Waals surface area contributed by atoms with Crippen LogP contribution in [0.5, 0.6) is 0 Å². The first-order chi connectivity index (χ1) is 11.2. The lowest BCUT2D eigenvalue weighted by molar-refractivity contribution is 0.0260. The molecular weight excluding hydrogens is 292 g/mol. The van der Waals surface area contributed by atoms with E-state index >= 15 is 0 Å². The quantitative estimate of drug-likeness (QED) is 0.908. The average molecular weight is 316 g/mol. The van der Waals surface area contributed by atoms with E-state index in [0.29, 0.717) is 12.4 Å². The minimum Gasteiger partial charge on any atom is -0.441 e. The summed E-state index contributed by atoms with van der Waals surface area (Å²) in [4.78, 5) is 23.4. The van der Waals surface area contributed by atoms with E-state index < -0.39 is 0 Å². The van der Waals surface area contributed by atoms with Crippen molar-refractivity contribution in [3.8, 4) is 0 Å². The highest BCUT2D eigenvalue weighted by atomic mass is 16.6. The molecule has 4 rings (SSSR count). The Hall–Kier alpha value is -1.69. The highest BCUT2D eigenvalue weighted by molar-refractivity contribution is 5.89. The molecule has 3 heterocycles. The van der Waals surface area contributed by atoms with Gasteiger partial charge in [0.2, 0.25) is 0 Å². The molecule has 2 saturated heterocycles. The van der Waals surface area contributed by atoms with E-state index in [-0.39, 0.29) is 17.7 Å². The number of ether oxygens (including phenoxy) is 1. The Bertz CT molecular complexity index is 607. The van der Waals surface area contributed by atoms with Crippen molar-refractivity contribution in [2.75, 3.05) is 18.0 Å². The molecule has 0 unspecified atom stereocenters. The third-order valence-corrected chi connectivity index (χ3v) is 5.24. The molecule has 6 heteroatoms. The summed E-state index contributed by atoms with van der Waals surface area (Å²) in [6.07, 6.45) is 7.40. The lowest BCUT2D eigenvalue weighted by Gasteiger charge is -2.30. The fourth-order valence-corrected chi connectivity index (χ4v) is 4.03. The number of anilines is 1. The maximum Gasteiger partial charge on any atom is 0.416 e. The molecule has 1 aromatic heterocycles. The lowest BCUT2D eigenvalue weighted by atomic mass is 9.85. The van der Waals surface area contributed by atoms with Crippen molar-refractivity contribution in [3.63, 3.8) is 0 Å². The third-order valence-electron chi connectivity index (χ3n) is 5.24. The van der Waals surface area contributed by atoms with Crippen molar-refractivity contribution in [1.29, 1.82) is 0 Å². The summed E-state index contributed by atoms with van der Waals surface area (Å²) < 4.78 is 5.77. The van der Waals surface area contributed by atoms with Crippen LogP contribution in [0.25, 0.3) is 0 Å². The predicted octanol–water partition coefficient (Wildman–Crippen LogP) is 2.87. The van der Waals surface area contributed by atoms with Gasteiger partial charge in [0.05, 0.1) is 12.6 Å². The van der Waals surface area contributed by atoms with Crippen molar-refractivity contribution in [3.05, 3.63) is 17.6 Å². The summed E-state index contributed by atoms with van der Waals surface area (Å²) in [5.41, 5.74) is 0.607. The smallest absolute Gasteiger partial charge is 0.416 e. The highest BCUT2D eigenvalue weighted by Gasteiger charge is 2.46. The van der Waals surface area contributed by atoms with Crippen LogP contribution in [0.15, 0.2) is 6.07 Å². The second kappa shape index (κ2) is 5.74. The summed E-state index contributed by atoms with van der Waals surface area (Å²) in [5.74, 6) is 1.49. The van der Waals surface area contributed by atoms with E-state index in [1.54, 1.807) is 4.90 Å². The van der Waals surface area contributed by atoms with E-state index in [1.165, 1.54) is 6.42 Å². The van der Waals surface area contributed by atoms with Crippen LogP contribution in [-0.2, 0) is 4.74 Å². The molecule has 1 spiro atoms. The van der Waals surface area contributed by atoms with Crippen molar-refractivity contribution in [2.24, 2.45) is 0 Å². The van der Waals surface area contributed by atoms with Crippen LogP contribution < -0.4 is 10.2 Å². The second-order valence-corrected chi connectivity index (χ2v) is 7.07. The number of nitrogens with one attached hydrogen (secondary N) is 1. The zero-order valence-corrected chi connectivity index (χ0v) is 13.7. The fraction of sp³-hybridized carbons (Fsp3) is 0.706. The number of nitrogens with zero attached hydrogens (tertiary/aromatic N) is 3. The first kappa shape index (κ1) is 14.9. The molecule has 6 nitrogen and oxygen atoms in total. The molecular formula is C17H24N4O2. The van der Waals surface area contributed by atoms with Crippen molar-refractivity contribution in [1.82, 2.24) is 15.3 Å². The SMILES string of the molecule is Cc1cc(N2CC3(CCCCC3)OC2=O)nc([C@@H]2CCCN2)n1. The molecule has 1 N–H and O–H groups in total. The number of aryl methyl sites for hydroxylation is 1. The minimum absolute atomic E-state index is 0.205. The van der Waals surface area contributed by atoms with Gasteiger partial charge in [-0.3, -0.25) is 4.90 Å². The minimum atomic E-state index is -0.292. The fourth-order valence-electron chi connectivity index (χ4n) is 4.03. The van der Waals surface area contributed by atoms with Gasteiger partial charge in [0.15, 0.2) is 0 Å². The van der Waals surface area contributed by atoms with Crippen LogP contribution in [0.2, 0.25) is 0 Å². The Balaban J connectivity index is 1.61. The standard InChI is InChI=1S/C17H24N4O2/c1-12-10-14(20-15(19-12)13-6-5-9-18-13)21-11-17(23-16(21)22)7-3-2-4-8-17/h10,13,18H,2-9,11H2,1H3/t13-/m0/s1. The average Bonchev–Trinajstić information content (AvgIpc) is 3.16. The van der Waals surface area contributed by atoms with E-state index in [2.05, 4.69) is 15.3 Å². The maximum absolute atomic E-state index is 12.4. The van der Waals surface area contributed by atoms with Crippen LogP contribution in [-0.4, -0.2) is 34.8 Å². The van der Waals surface area contributed by atoms with Crippen LogP contribution in [0.3, 0.4) is 0 Å². The first-order valence-corrected chi connectivity index (χ1v) is 8.75. The molecule has 1 saturated carbocycles. The van der Waals surface area contributed by atoms with Gasteiger partial charge >= 0.3 is 6.09 Å². The molecule has 3 aliphatic rings. The Morgan fingerprint density at radius 2 is 2.09 bits per heavy atom. The van der Waals surface area contributed by atoms with Crippen LogP contribution >= 0.6 is 0 Å². The number of rotatable bonds is 2. The van der Waals surface area contributed by atoms with E-state index in [9.17, 15) is 4.79 Å². The topological polar surface area (TPSA) is 67.3 Å². The highest BCUT2D eigenvalue weighted by Crippen LogP contribution is 2.38. The second-order valence-electron chi connectivity index (χ2n) is 7.07. The van der Waals surface area contributed by atoms with Gasteiger partial charge in [0.1, 0.15) is 17.2 Å². The Morgan fingerprint density at radius 3 is 2.83 bits per heavy atom. The molecule has 124 valence electrons. The Morgan fingerprint density at radius 1 is 1.26 bits per heavy atom. The Kier molecular flexibility index (Phi) is 3.71. The summed E-state index contributed by atoms with van der Waals surface area (Å²) in [7, 11) is 0. The lowest BCUT2D eigenvalue weighted by Crippen LogP contribution is -2.36. The number of aromatic nitrogens is 2. The summed E-state index contributed by atoms with van der Waals surface area (Å²) >= 11 is 0. The number of amides is 1. The van der Waals surface area contributed by atoms with E-state index in [4.69, 9.17) is 4.74 Å². The number of carbonyl (C=O) groups excluding carboxylic acids is 1. The van der Waals surface area contributed by atoms with Gasteiger partial charge in [-0.1, -0.05) is 6.42 Å². The van der Waals surface area contributed by atoms with Gasteiger partial charge in [-0.05, 0) is 52.0 Å². The maximum atomic E-state index is 12.4. The van der Waals surface area contributed by atoms with Crippen molar-refractivity contribution < 1.29 is 9.53 Å². The molecule has 1 aromatic rings. The molecule has 3 fully saturated rings. The van der Waals surface area contributed by atoms with Crippen LogP contribution in [0.4, 0.5) is 10.6 Å². The molecule has 2 aliphatic heterocycles. The normalized spacial score (nSPS) is 26.7. The van der Waals surface area contributed by atoms with Gasteiger partial charge in [-0.15, -0.1) is 0 Å². The van der Waals surface area contributed by atoms with E-state index in [0.717, 1.165) is 56.6 Å². The first-order valence-electron chi connectivity index (χ1n) is 8.75. The molecule has 0 bridgehead atoms. The van der Waals surface area contributed by atoms with Gasteiger partial charge < -0.3 is 10.1 Å². The van der Waals surface area contributed by atoms with Crippen LogP contribution in [0, 0.1) is 6.92 Å². The van der Waals surface area contributed by atoms with Gasteiger partial charge in [0, 0.05) is 11.8 Å². The molecule has 23 heavy (non-hydrogen) atoms. The Labute approximate surface area is 136 Å². The molecule has 0 aromatic carbocycles. The number of carbonyl (C=O) groups is 1. The third kappa shape index (κ3) is 2.80. The molecule has 1 amide bonds. The predicted molar refractivity (Wildman–Crippen MR) is 86.4 cm³/mol.